The molecule has 0 spiro atoms. The molecule has 4 aromatic heterocycles. The molecule has 5 nitrogen and oxygen atoms in total. The average Bonchev–Trinajstić information content (AvgIpc) is 3.93. The summed E-state index contributed by atoms with van der Waals surface area (Å²) in [6.07, 6.45) is 5.78. The van der Waals surface area contributed by atoms with Gasteiger partial charge in [0.15, 0.2) is 8.07 Å². The Balaban J connectivity index is 1.14. The molecule has 7 aromatic carbocycles. The Bertz CT molecular complexity index is 3310. The summed E-state index contributed by atoms with van der Waals surface area (Å²) in [5, 5.41) is 11.3. The van der Waals surface area contributed by atoms with Crippen molar-refractivity contribution in [3.05, 3.63) is 195 Å². The zero-order valence-electron chi connectivity index (χ0n) is 30.6. The van der Waals surface area contributed by atoms with Crippen LogP contribution in [0.15, 0.2) is 195 Å². The molecule has 0 atom stereocenters. The summed E-state index contributed by atoms with van der Waals surface area (Å²) in [7, 11) is -3.00. The Labute approximate surface area is 333 Å². The Morgan fingerprint density at radius 2 is 1.21 bits per heavy atom. The fourth-order valence-corrected chi connectivity index (χ4v) is 16.2. The van der Waals surface area contributed by atoms with Crippen LogP contribution in [0.25, 0.3) is 47.5 Å². The number of hydrogen-bond acceptors (Lipinski definition) is 5. The zero-order valence-corrected chi connectivity index (χ0v) is 32.4. The van der Waals surface area contributed by atoms with Gasteiger partial charge in [-0.15, -0.1) is 11.3 Å². The first kappa shape index (κ1) is 32.2. The second-order valence-electron chi connectivity index (χ2n) is 14.6. The molecule has 0 radical (unpaired) electrons. The smallest absolute Gasteiger partial charge is 0.185 e. The minimum Gasteiger partial charge on any atom is -0.457 e. The van der Waals surface area contributed by atoms with Crippen molar-refractivity contribution >= 4 is 105 Å². The van der Waals surface area contributed by atoms with Crippen LogP contribution in [0.4, 0.5) is 17.2 Å². The number of fused-ring (bicyclic) bond motifs is 12. The molecule has 1 aliphatic heterocycles. The van der Waals surface area contributed by atoms with Gasteiger partial charge in [-0.05, 0) is 80.7 Å². The molecule has 268 valence electrons. The molecule has 0 unspecified atom stereocenters. The van der Waals surface area contributed by atoms with Crippen molar-refractivity contribution in [2.24, 2.45) is 0 Å². The molecular formula is C50H32N4OSSi. The lowest BCUT2D eigenvalue weighted by Crippen LogP contribution is -2.77. The number of aromatic nitrogens is 3. The van der Waals surface area contributed by atoms with E-state index in [1.807, 2.05) is 36.0 Å². The summed E-state index contributed by atoms with van der Waals surface area (Å²) in [6, 6.07) is 63.6. The van der Waals surface area contributed by atoms with Gasteiger partial charge >= 0.3 is 0 Å². The van der Waals surface area contributed by atoms with Crippen molar-refractivity contribution in [1.29, 1.82) is 0 Å². The van der Waals surface area contributed by atoms with E-state index in [4.69, 9.17) is 14.7 Å². The van der Waals surface area contributed by atoms with Crippen LogP contribution in [-0.4, -0.2) is 22.4 Å². The number of para-hydroxylation sites is 1. The monoisotopic (exact) mass is 764 g/mol. The molecule has 11 aromatic rings. The molecule has 0 bridgehead atoms. The van der Waals surface area contributed by atoms with E-state index in [0.29, 0.717) is 0 Å². The van der Waals surface area contributed by atoms with Gasteiger partial charge in [0.05, 0.1) is 11.2 Å². The van der Waals surface area contributed by atoms with Gasteiger partial charge in [0, 0.05) is 61.3 Å². The number of anilines is 3. The summed E-state index contributed by atoms with van der Waals surface area (Å²) in [4.78, 5) is 12.1. The molecule has 0 amide bonds. The summed E-state index contributed by atoms with van der Waals surface area (Å²) in [6.45, 7) is 0. The fraction of sp³-hybridized carbons (Fsp3) is 0. The average molecular weight is 765 g/mol. The summed E-state index contributed by atoms with van der Waals surface area (Å²) < 4.78 is 11.7. The molecule has 0 fully saturated rings. The van der Waals surface area contributed by atoms with Crippen LogP contribution in [-0.2, 0) is 0 Å². The van der Waals surface area contributed by atoms with Gasteiger partial charge in [0.2, 0.25) is 0 Å². The van der Waals surface area contributed by atoms with Crippen molar-refractivity contribution in [3.63, 3.8) is 0 Å². The Hall–Kier alpha value is -7.06. The van der Waals surface area contributed by atoms with E-state index in [1.54, 1.807) is 0 Å². The number of thiophene rings is 1. The standard InChI is InChI=1S/C50H32N4OSSi/c1-3-13-35(14-4-1)57(36-15-5-2-6-16-36)46-27-23-34(55-33-22-24-37-38-17-7-9-19-42(38)53-30-29-52-50(53)41(37)31-33)32-44(46)54(47-21-11-12-28-51-47)43-26-25-40-39-18-8-10-20-45(39)56-48(40)49(43)57/h1-32H. The van der Waals surface area contributed by atoms with Crippen molar-refractivity contribution in [3.8, 4) is 11.5 Å². The lowest BCUT2D eigenvalue weighted by Gasteiger charge is -2.45. The van der Waals surface area contributed by atoms with Gasteiger partial charge in [-0.2, -0.15) is 0 Å². The van der Waals surface area contributed by atoms with Crippen LogP contribution in [0.2, 0.25) is 0 Å². The second kappa shape index (κ2) is 12.5. The topological polar surface area (TPSA) is 42.7 Å². The molecule has 5 heterocycles. The fourth-order valence-electron chi connectivity index (χ4n) is 9.30. The highest BCUT2D eigenvalue weighted by Crippen LogP contribution is 2.44. The largest absolute Gasteiger partial charge is 0.457 e. The summed E-state index contributed by atoms with van der Waals surface area (Å²) >= 11 is 1.90. The number of benzene rings is 7. The lowest BCUT2D eigenvalue weighted by atomic mass is 10.1. The van der Waals surface area contributed by atoms with Crippen LogP contribution < -0.4 is 30.4 Å². The summed E-state index contributed by atoms with van der Waals surface area (Å²) in [5.74, 6) is 2.37. The van der Waals surface area contributed by atoms with Crippen molar-refractivity contribution < 1.29 is 4.74 Å². The maximum atomic E-state index is 6.89. The van der Waals surface area contributed by atoms with Crippen LogP contribution in [0.3, 0.4) is 0 Å². The number of hydrogen-bond donors (Lipinski definition) is 0. The second-order valence-corrected chi connectivity index (χ2v) is 19.3. The molecule has 0 saturated carbocycles. The van der Waals surface area contributed by atoms with Crippen LogP contribution >= 0.6 is 11.3 Å². The van der Waals surface area contributed by atoms with Gasteiger partial charge in [-0.3, -0.25) is 9.30 Å². The van der Waals surface area contributed by atoms with E-state index in [2.05, 4.69) is 179 Å². The minimum atomic E-state index is -3.00. The number of pyridine rings is 2. The molecule has 12 rings (SSSR count). The molecular weight excluding hydrogens is 733 g/mol. The lowest BCUT2D eigenvalue weighted by molar-refractivity contribution is 0.484. The molecule has 1 aliphatic rings. The third-order valence-corrected chi connectivity index (χ3v) is 17.9. The van der Waals surface area contributed by atoms with Gasteiger partial charge in [-0.1, -0.05) is 115 Å². The predicted molar refractivity (Wildman–Crippen MR) is 239 cm³/mol. The van der Waals surface area contributed by atoms with Gasteiger partial charge in [0.1, 0.15) is 23.0 Å². The van der Waals surface area contributed by atoms with E-state index in [0.717, 1.165) is 50.6 Å². The number of imidazole rings is 1. The van der Waals surface area contributed by atoms with E-state index >= 15 is 0 Å². The van der Waals surface area contributed by atoms with E-state index in [-0.39, 0.29) is 0 Å². The molecule has 7 heteroatoms. The van der Waals surface area contributed by atoms with Gasteiger partial charge in [0.25, 0.3) is 0 Å². The van der Waals surface area contributed by atoms with E-state index < -0.39 is 8.07 Å². The number of rotatable bonds is 5. The predicted octanol–water partition coefficient (Wildman–Crippen LogP) is 10.4. The molecule has 0 aliphatic carbocycles. The zero-order chi connectivity index (χ0) is 37.5. The number of nitrogens with zero attached hydrogens (tertiary/aromatic N) is 4. The third kappa shape index (κ3) is 4.67. The van der Waals surface area contributed by atoms with Crippen molar-refractivity contribution in [2.75, 3.05) is 4.90 Å². The van der Waals surface area contributed by atoms with Crippen molar-refractivity contribution in [2.45, 2.75) is 0 Å². The first-order valence-electron chi connectivity index (χ1n) is 19.1. The molecule has 0 N–H and O–H groups in total. The quantitative estimate of drug-likeness (QED) is 0.129. The first-order valence-corrected chi connectivity index (χ1v) is 22.0. The third-order valence-electron chi connectivity index (χ3n) is 11.6. The van der Waals surface area contributed by atoms with Crippen LogP contribution in [0, 0.1) is 0 Å². The Morgan fingerprint density at radius 3 is 2.02 bits per heavy atom. The maximum absolute atomic E-state index is 6.89. The summed E-state index contributed by atoms with van der Waals surface area (Å²) in [5.41, 5.74) is 4.26. The van der Waals surface area contributed by atoms with E-state index in [9.17, 15) is 0 Å². The van der Waals surface area contributed by atoms with Crippen LogP contribution in [0.1, 0.15) is 0 Å². The first-order chi connectivity index (χ1) is 28.3. The maximum Gasteiger partial charge on any atom is 0.185 e. The SMILES string of the molecule is c1ccc([Si]2(c3ccccc3)c3ccc(Oc4ccc5c6ccccc6n6ccnc6c5c4)cc3N(c3ccccn3)c3ccc4c(sc5ccccc54)c32)cc1. The van der Waals surface area contributed by atoms with Crippen LogP contribution in [0.5, 0.6) is 11.5 Å². The normalized spacial score (nSPS) is 13.4. The highest BCUT2D eigenvalue weighted by molar-refractivity contribution is 7.31. The highest BCUT2D eigenvalue weighted by atomic mass is 32.1. The highest BCUT2D eigenvalue weighted by Gasteiger charge is 2.50. The number of ether oxygens (including phenoxy) is 1. The Morgan fingerprint density at radius 1 is 0.509 bits per heavy atom. The van der Waals surface area contributed by atoms with Crippen molar-refractivity contribution in [1.82, 2.24) is 14.4 Å². The minimum absolute atomic E-state index is 0.754. The Kier molecular flexibility index (Phi) is 7.05. The van der Waals surface area contributed by atoms with E-state index in [1.165, 1.54) is 46.3 Å². The van der Waals surface area contributed by atoms with Gasteiger partial charge in [-0.25, -0.2) is 9.97 Å². The van der Waals surface area contributed by atoms with Gasteiger partial charge < -0.3 is 4.74 Å². The molecule has 57 heavy (non-hydrogen) atoms. The molecule has 0 saturated heterocycles.